The van der Waals surface area contributed by atoms with E-state index in [9.17, 15) is 9.50 Å². The maximum atomic E-state index is 13.4. The number of fused-ring (bicyclic) bond motifs is 1. The molecule has 0 unspecified atom stereocenters. The summed E-state index contributed by atoms with van der Waals surface area (Å²) >= 11 is 0. The lowest BCUT2D eigenvalue weighted by Crippen LogP contribution is -2.38. The number of morpholine rings is 1. The third kappa shape index (κ3) is 4.90. The van der Waals surface area contributed by atoms with Gasteiger partial charge in [-0.15, -0.1) is 0 Å². The Morgan fingerprint density at radius 3 is 2.62 bits per heavy atom. The van der Waals surface area contributed by atoms with Crippen molar-refractivity contribution in [1.29, 1.82) is 0 Å². The van der Waals surface area contributed by atoms with Gasteiger partial charge in [-0.3, -0.25) is 4.90 Å². The van der Waals surface area contributed by atoms with E-state index in [-0.39, 0.29) is 11.6 Å². The summed E-state index contributed by atoms with van der Waals surface area (Å²) in [4.78, 5) is 14.0. The van der Waals surface area contributed by atoms with Crippen LogP contribution in [0.1, 0.15) is 16.8 Å². The van der Waals surface area contributed by atoms with Crippen molar-refractivity contribution in [3.8, 4) is 23.1 Å². The predicted octanol–water partition coefficient (Wildman–Crippen LogP) is 3.52. The fraction of sp³-hybridized carbons (Fsp3) is 0.360. The molecule has 5 rings (SSSR count). The molecule has 3 heterocycles. The van der Waals surface area contributed by atoms with Gasteiger partial charge in [0.15, 0.2) is 11.5 Å². The summed E-state index contributed by atoms with van der Waals surface area (Å²) in [5.41, 5.74) is 2.93. The van der Waals surface area contributed by atoms with E-state index in [4.69, 9.17) is 24.2 Å². The molecule has 34 heavy (non-hydrogen) atoms. The van der Waals surface area contributed by atoms with Gasteiger partial charge in [0, 0.05) is 39.1 Å². The Kier molecular flexibility index (Phi) is 6.46. The Labute approximate surface area is 197 Å². The van der Waals surface area contributed by atoms with Crippen molar-refractivity contribution in [2.24, 2.45) is 0 Å². The second kappa shape index (κ2) is 9.82. The fourth-order valence-corrected chi connectivity index (χ4v) is 4.24. The number of hydrogen-bond donors (Lipinski definition) is 1. The highest BCUT2D eigenvalue weighted by Crippen LogP contribution is 2.33. The highest BCUT2D eigenvalue weighted by molar-refractivity contribution is 5.44. The largest absolute Gasteiger partial charge is 0.504 e. The van der Waals surface area contributed by atoms with Crippen LogP contribution < -0.4 is 14.4 Å². The summed E-state index contributed by atoms with van der Waals surface area (Å²) in [5, 5.41) is 9.89. The van der Waals surface area contributed by atoms with Crippen LogP contribution in [0.3, 0.4) is 0 Å². The minimum Gasteiger partial charge on any atom is -0.504 e. The summed E-state index contributed by atoms with van der Waals surface area (Å²) < 4.78 is 30.3. The number of rotatable bonds is 6. The molecule has 0 atom stereocenters. The fourth-order valence-electron chi connectivity index (χ4n) is 4.24. The number of aromatic nitrogens is 2. The van der Waals surface area contributed by atoms with E-state index in [0.717, 1.165) is 42.9 Å². The number of aromatic hydroxyl groups is 1. The minimum atomic E-state index is -0.318. The maximum Gasteiger partial charge on any atom is 0.229 e. The van der Waals surface area contributed by atoms with Crippen LogP contribution in [0.15, 0.2) is 42.5 Å². The van der Waals surface area contributed by atoms with Crippen molar-refractivity contribution in [1.82, 2.24) is 14.9 Å². The third-order valence-corrected chi connectivity index (χ3v) is 6.06. The smallest absolute Gasteiger partial charge is 0.229 e. The molecule has 0 amide bonds. The highest BCUT2D eigenvalue weighted by Gasteiger charge is 2.26. The number of phenols is 1. The number of halogens is 1. The van der Waals surface area contributed by atoms with Gasteiger partial charge in [-0.1, -0.05) is 6.07 Å². The molecule has 1 aromatic heterocycles. The van der Waals surface area contributed by atoms with Crippen LogP contribution in [0, 0.1) is 5.82 Å². The zero-order valence-electron chi connectivity index (χ0n) is 19.0. The molecule has 8 nitrogen and oxygen atoms in total. The molecule has 1 fully saturated rings. The van der Waals surface area contributed by atoms with Gasteiger partial charge in [0.2, 0.25) is 11.8 Å². The maximum absolute atomic E-state index is 13.4. The molecule has 0 radical (unpaired) electrons. The van der Waals surface area contributed by atoms with E-state index in [1.807, 2.05) is 12.1 Å². The van der Waals surface area contributed by atoms with Gasteiger partial charge in [-0.2, -0.15) is 4.98 Å². The van der Waals surface area contributed by atoms with Gasteiger partial charge in [0.1, 0.15) is 11.6 Å². The quantitative estimate of drug-likeness (QED) is 0.591. The van der Waals surface area contributed by atoms with Crippen molar-refractivity contribution < 1.29 is 23.7 Å². The number of nitrogens with zero attached hydrogens (tertiary/aromatic N) is 4. The van der Waals surface area contributed by atoms with E-state index in [0.29, 0.717) is 49.6 Å². The monoisotopic (exact) mass is 466 g/mol. The van der Waals surface area contributed by atoms with Crippen molar-refractivity contribution in [2.75, 3.05) is 44.9 Å². The first-order chi connectivity index (χ1) is 16.6. The van der Waals surface area contributed by atoms with Gasteiger partial charge in [0.05, 0.1) is 31.6 Å². The molecule has 178 valence electrons. The van der Waals surface area contributed by atoms with E-state index >= 15 is 0 Å². The molecule has 2 aromatic carbocycles. The van der Waals surface area contributed by atoms with Crippen LogP contribution in [-0.4, -0.2) is 59.9 Å². The lowest BCUT2D eigenvalue weighted by atomic mass is 10.1. The summed E-state index contributed by atoms with van der Waals surface area (Å²) in [6.45, 7) is 4.84. The molecule has 1 N–H and O–H groups in total. The Balaban J connectivity index is 1.43. The molecular weight excluding hydrogens is 439 g/mol. The molecule has 2 aliphatic heterocycles. The topological polar surface area (TPSA) is 80.2 Å². The lowest BCUT2D eigenvalue weighted by molar-refractivity contribution is 0.122. The van der Waals surface area contributed by atoms with Crippen LogP contribution in [0.2, 0.25) is 0 Å². The van der Waals surface area contributed by atoms with Gasteiger partial charge in [-0.25, -0.2) is 9.37 Å². The molecule has 9 heteroatoms. The van der Waals surface area contributed by atoms with Crippen LogP contribution in [-0.2, 0) is 24.2 Å². The Bertz CT molecular complexity index is 1150. The Morgan fingerprint density at radius 2 is 1.85 bits per heavy atom. The zero-order valence-corrected chi connectivity index (χ0v) is 19.0. The van der Waals surface area contributed by atoms with Crippen molar-refractivity contribution in [3.05, 3.63) is 65.1 Å². The summed E-state index contributed by atoms with van der Waals surface area (Å²) in [6, 6.07) is 11.3. The first-order valence-corrected chi connectivity index (χ1v) is 11.3. The van der Waals surface area contributed by atoms with Crippen molar-refractivity contribution in [2.45, 2.75) is 19.5 Å². The summed E-state index contributed by atoms with van der Waals surface area (Å²) in [6.07, 6.45) is 0.754. The lowest BCUT2D eigenvalue weighted by Gasteiger charge is -2.32. The van der Waals surface area contributed by atoms with Crippen molar-refractivity contribution >= 4 is 5.95 Å². The molecule has 3 aromatic rings. The Hall–Kier alpha value is -3.43. The normalized spacial score (nSPS) is 16.2. The second-order valence-corrected chi connectivity index (χ2v) is 8.38. The van der Waals surface area contributed by atoms with Gasteiger partial charge in [-0.05, 0) is 42.0 Å². The van der Waals surface area contributed by atoms with Crippen LogP contribution >= 0.6 is 0 Å². The molecule has 1 saturated heterocycles. The summed E-state index contributed by atoms with van der Waals surface area (Å²) in [5.74, 6) is 1.90. The van der Waals surface area contributed by atoms with E-state index in [1.54, 1.807) is 25.3 Å². The molecule has 0 bridgehead atoms. The molecule has 0 aliphatic carbocycles. The third-order valence-electron chi connectivity index (χ3n) is 6.06. The van der Waals surface area contributed by atoms with Crippen LogP contribution in [0.4, 0.5) is 10.3 Å². The SMILES string of the molecule is COc1cc(CN2CCc3nc(N4CCOCC4)nc(Oc4ccc(F)cc4)c3C2)ccc1O. The van der Waals surface area contributed by atoms with E-state index in [1.165, 1.54) is 12.1 Å². The number of anilines is 1. The standard InChI is InChI=1S/C25H27FN4O4/c1-32-23-14-17(2-7-22(23)31)15-29-9-8-21-20(16-29)24(34-19-5-3-18(26)4-6-19)28-25(27-21)30-10-12-33-13-11-30/h2-7,14,31H,8-13,15-16H2,1H3. The predicted molar refractivity (Wildman–Crippen MR) is 124 cm³/mol. The molecule has 0 spiro atoms. The number of methoxy groups -OCH3 is 1. The minimum absolute atomic E-state index is 0.120. The first kappa shape index (κ1) is 22.4. The number of phenolic OH excluding ortho intramolecular Hbond substituents is 1. The average molecular weight is 467 g/mol. The number of benzene rings is 2. The highest BCUT2D eigenvalue weighted by atomic mass is 19.1. The molecule has 2 aliphatic rings. The zero-order chi connectivity index (χ0) is 23.5. The van der Waals surface area contributed by atoms with E-state index < -0.39 is 0 Å². The average Bonchev–Trinajstić information content (AvgIpc) is 2.87. The van der Waals surface area contributed by atoms with Crippen molar-refractivity contribution in [3.63, 3.8) is 0 Å². The molecular formula is C25H27FN4O4. The number of hydrogen-bond acceptors (Lipinski definition) is 8. The van der Waals surface area contributed by atoms with Gasteiger partial charge < -0.3 is 24.2 Å². The molecule has 0 saturated carbocycles. The van der Waals surface area contributed by atoms with Crippen LogP contribution in [0.5, 0.6) is 23.1 Å². The van der Waals surface area contributed by atoms with Crippen LogP contribution in [0.25, 0.3) is 0 Å². The Morgan fingerprint density at radius 1 is 1.06 bits per heavy atom. The van der Waals surface area contributed by atoms with Gasteiger partial charge in [0.25, 0.3) is 0 Å². The number of ether oxygens (including phenoxy) is 3. The van der Waals surface area contributed by atoms with Gasteiger partial charge >= 0.3 is 0 Å². The second-order valence-electron chi connectivity index (χ2n) is 8.38. The first-order valence-electron chi connectivity index (χ1n) is 11.3. The summed E-state index contributed by atoms with van der Waals surface area (Å²) in [7, 11) is 1.54. The van der Waals surface area contributed by atoms with E-state index in [2.05, 4.69) is 9.80 Å².